The molecule has 0 saturated carbocycles. The second-order valence-electron chi connectivity index (χ2n) is 7.67. The number of hydrogen-bond acceptors (Lipinski definition) is 4. The highest BCUT2D eigenvalue weighted by Gasteiger charge is 2.21. The Bertz CT molecular complexity index is 1410. The molecule has 2 aromatic heterocycles. The van der Waals surface area contributed by atoms with Crippen LogP contribution in [0.25, 0.3) is 23.0 Å². The van der Waals surface area contributed by atoms with Crippen molar-refractivity contribution in [2.45, 2.75) is 6.92 Å². The molecule has 4 aromatic rings. The van der Waals surface area contributed by atoms with E-state index in [1.807, 2.05) is 73.8 Å². The van der Waals surface area contributed by atoms with E-state index in [-0.39, 0.29) is 6.54 Å². The molecule has 0 spiro atoms. The van der Waals surface area contributed by atoms with Gasteiger partial charge < -0.3 is 5.32 Å². The quantitative estimate of drug-likeness (QED) is 0.448. The maximum absolute atomic E-state index is 12.9. The lowest BCUT2D eigenvalue weighted by Crippen LogP contribution is -2.34. The second kappa shape index (κ2) is 9.40. The number of carbonyl (C=O) groups excluding carboxylic acids is 1. The van der Waals surface area contributed by atoms with Crippen molar-refractivity contribution in [3.8, 4) is 11.3 Å². The molecule has 2 heterocycles. The SMILES string of the molecule is Cc1ccc2nc(-c3ccccc3)c(NC(=O)CN(C)S(=O)(=O)/C=C/c3ccccc3)n2c1. The molecule has 0 unspecified atom stereocenters. The van der Waals surface area contributed by atoms with Gasteiger partial charge in [0.25, 0.3) is 0 Å². The molecule has 0 fully saturated rings. The summed E-state index contributed by atoms with van der Waals surface area (Å²) in [6.07, 6.45) is 3.39. The maximum atomic E-state index is 12.9. The fourth-order valence-corrected chi connectivity index (χ4v) is 4.20. The first-order valence-electron chi connectivity index (χ1n) is 10.4. The number of pyridine rings is 1. The molecule has 168 valence electrons. The molecular weight excluding hydrogens is 436 g/mol. The molecule has 2 aromatic carbocycles. The summed E-state index contributed by atoms with van der Waals surface area (Å²) >= 11 is 0. The minimum Gasteiger partial charge on any atom is -0.309 e. The zero-order valence-electron chi connectivity index (χ0n) is 18.3. The average Bonchev–Trinajstić information content (AvgIpc) is 3.16. The van der Waals surface area contributed by atoms with Crippen LogP contribution in [-0.2, 0) is 14.8 Å². The number of sulfonamides is 1. The van der Waals surface area contributed by atoms with Gasteiger partial charge in [-0.3, -0.25) is 9.20 Å². The van der Waals surface area contributed by atoms with Gasteiger partial charge in [-0.05, 0) is 30.2 Å². The van der Waals surface area contributed by atoms with Gasteiger partial charge >= 0.3 is 0 Å². The van der Waals surface area contributed by atoms with Crippen molar-refractivity contribution in [2.24, 2.45) is 0 Å². The highest BCUT2D eigenvalue weighted by Crippen LogP contribution is 2.29. The number of aryl methyl sites for hydroxylation is 1. The predicted octanol–water partition coefficient (Wildman–Crippen LogP) is 4.18. The maximum Gasteiger partial charge on any atom is 0.240 e. The molecule has 0 radical (unpaired) electrons. The zero-order chi connectivity index (χ0) is 23.4. The summed E-state index contributed by atoms with van der Waals surface area (Å²) in [4.78, 5) is 17.5. The summed E-state index contributed by atoms with van der Waals surface area (Å²) in [5.74, 6) is 0.0326. The molecule has 1 amide bonds. The van der Waals surface area contributed by atoms with E-state index in [0.29, 0.717) is 17.2 Å². The van der Waals surface area contributed by atoms with Crippen LogP contribution in [0.3, 0.4) is 0 Å². The van der Waals surface area contributed by atoms with E-state index >= 15 is 0 Å². The first kappa shape index (κ1) is 22.4. The van der Waals surface area contributed by atoms with Crippen LogP contribution in [0.5, 0.6) is 0 Å². The van der Waals surface area contributed by atoms with E-state index in [9.17, 15) is 13.2 Å². The fraction of sp³-hybridized carbons (Fsp3) is 0.120. The molecule has 0 aliphatic heterocycles. The van der Waals surface area contributed by atoms with Gasteiger partial charge in [0.1, 0.15) is 17.2 Å². The summed E-state index contributed by atoms with van der Waals surface area (Å²) in [5.41, 5.74) is 3.90. The van der Waals surface area contributed by atoms with Crippen molar-refractivity contribution in [1.82, 2.24) is 13.7 Å². The molecule has 0 aliphatic carbocycles. The van der Waals surface area contributed by atoms with Crippen LogP contribution in [0.2, 0.25) is 0 Å². The highest BCUT2D eigenvalue weighted by atomic mass is 32.2. The predicted molar refractivity (Wildman–Crippen MR) is 131 cm³/mol. The van der Waals surface area contributed by atoms with E-state index in [2.05, 4.69) is 10.3 Å². The number of benzene rings is 2. The van der Waals surface area contributed by atoms with Crippen LogP contribution in [0.4, 0.5) is 5.82 Å². The Hall–Kier alpha value is -3.75. The van der Waals surface area contributed by atoms with Gasteiger partial charge in [0, 0.05) is 24.2 Å². The zero-order valence-corrected chi connectivity index (χ0v) is 19.2. The Kier molecular flexibility index (Phi) is 6.39. The lowest BCUT2D eigenvalue weighted by Gasteiger charge is -2.15. The number of amides is 1. The van der Waals surface area contributed by atoms with Crippen LogP contribution in [0, 0.1) is 6.92 Å². The average molecular weight is 461 g/mol. The van der Waals surface area contributed by atoms with Crippen LogP contribution in [0.1, 0.15) is 11.1 Å². The first-order valence-corrected chi connectivity index (χ1v) is 11.9. The number of hydrogen-bond donors (Lipinski definition) is 1. The number of aromatic nitrogens is 2. The third-order valence-electron chi connectivity index (χ3n) is 5.10. The van der Waals surface area contributed by atoms with Gasteiger partial charge in [0.15, 0.2) is 0 Å². The van der Waals surface area contributed by atoms with Crippen LogP contribution in [0.15, 0.2) is 84.4 Å². The molecular formula is C25H24N4O3S. The van der Waals surface area contributed by atoms with Crippen molar-refractivity contribution >= 4 is 33.5 Å². The Labute approximate surface area is 193 Å². The van der Waals surface area contributed by atoms with E-state index in [4.69, 9.17) is 0 Å². The summed E-state index contributed by atoms with van der Waals surface area (Å²) in [7, 11) is -2.40. The number of anilines is 1. The lowest BCUT2D eigenvalue weighted by atomic mass is 10.1. The van der Waals surface area contributed by atoms with E-state index < -0.39 is 15.9 Å². The number of rotatable bonds is 7. The molecule has 33 heavy (non-hydrogen) atoms. The normalized spacial score (nSPS) is 12.0. The standard InChI is InChI=1S/C25H24N4O3S/c1-19-13-14-22-26-24(21-11-7-4-8-12-21)25(29(22)17-19)27-23(30)18-28(2)33(31,32)16-15-20-9-5-3-6-10-20/h3-17H,18H2,1-2H3,(H,27,30)/b16-15+. The van der Waals surface area contributed by atoms with Crippen LogP contribution < -0.4 is 5.32 Å². The third kappa shape index (κ3) is 5.19. The number of nitrogens with one attached hydrogen (secondary N) is 1. The number of likely N-dealkylation sites (N-methyl/N-ethyl adjacent to an activating group) is 1. The number of imidazole rings is 1. The van der Waals surface area contributed by atoms with Gasteiger partial charge in [-0.25, -0.2) is 13.4 Å². The van der Waals surface area contributed by atoms with E-state index in [0.717, 1.165) is 26.4 Å². The first-order chi connectivity index (χ1) is 15.8. The summed E-state index contributed by atoms with van der Waals surface area (Å²) in [5, 5.41) is 3.97. The van der Waals surface area contributed by atoms with Gasteiger partial charge in [0.05, 0.1) is 6.54 Å². The minimum absolute atomic E-state index is 0.339. The number of carbonyl (C=O) groups is 1. The summed E-state index contributed by atoms with van der Waals surface area (Å²) in [6.45, 7) is 1.61. The minimum atomic E-state index is -3.77. The van der Waals surface area contributed by atoms with Gasteiger partial charge in [-0.1, -0.05) is 66.7 Å². The van der Waals surface area contributed by atoms with Crippen molar-refractivity contribution in [2.75, 3.05) is 18.9 Å². The molecule has 4 rings (SSSR count). The third-order valence-corrected chi connectivity index (χ3v) is 6.58. The molecule has 8 heteroatoms. The molecule has 7 nitrogen and oxygen atoms in total. The Balaban J connectivity index is 1.57. The highest BCUT2D eigenvalue weighted by molar-refractivity contribution is 7.92. The molecule has 0 aliphatic rings. The van der Waals surface area contributed by atoms with Crippen molar-refractivity contribution in [3.05, 3.63) is 95.5 Å². The van der Waals surface area contributed by atoms with Crippen molar-refractivity contribution in [3.63, 3.8) is 0 Å². The second-order valence-corrected chi connectivity index (χ2v) is 9.60. The van der Waals surface area contributed by atoms with E-state index in [1.165, 1.54) is 13.1 Å². The Morgan fingerprint density at radius 3 is 2.39 bits per heavy atom. The lowest BCUT2D eigenvalue weighted by molar-refractivity contribution is -0.116. The smallest absolute Gasteiger partial charge is 0.240 e. The topological polar surface area (TPSA) is 83.8 Å². The Morgan fingerprint density at radius 1 is 1.03 bits per heavy atom. The summed E-state index contributed by atoms with van der Waals surface area (Å²) < 4.78 is 28.1. The van der Waals surface area contributed by atoms with E-state index in [1.54, 1.807) is 16.5 Å². The monoisotopic (exact) mass is 460 g/mol. The Morgan fingerprint density at radius 2 is 1.70 bits per heavy atom. The molecule has 0 saturated heterocycles. The van der Waals surface area contributed by atoms with Crippen molar-refractivity contribution in [1.29, 1.82) is 0 Å². The largest absolute Gasteiger partial charge is 0.309 e. The van der Waals surface area contributed by atoms with Crippen LogP contribution in [-0.4, -0.2) is 41.6 Å². The number of fused-ring (bicyclic) bond motifs is 1. The molecule has 0 atom stereocenters. The van der Waals surface area contributed by atoms with Gasteiger partial charge in [-0.15, -0.1) is 0 Å². The number of nitrogens with zero attached hydrogens (tertiary/aromatic N) is 3. The van der Waals surface area contributed by atoms with Gasteiger partial charge in [0.2, 0.25) is 15.9 Å². The van der Waals surface area contributed by atoms with Gasteiger partial charge in [-0.2, -0.15) is 4.31 Å². The molecule has 0 bridgehead atoms. The molecule has 1 N–H and O–H groups in total. The summed E-state index contributed by atoms with van der Waals surface area (Å²) in [6, 6.07) is 22.5. The fourth-order valence-electron chi connectivity index (χ4n) is 3.36. The van der Waals surface area contributed by atoms with Crippen LogP contribution >= 0.6 is 0 Å². The van der Waals surface area contributed by atoms with Crippen molar-refractivity contribution < 1.29 is 13.2 Å².